The highest BCUT2D eigenvalue weighted by Crippen LogP contribution is 2.31. The monoisotopic (exact) mass is 289 g/mol. The Morgan fingerprint density at radius 3 is 2.70 bits per heavy atom. The molecule has 1 fully saturated rings. The normalized spacial score (nSPS) is 19.9. The Morgan fingerprint density at radius 1 is 1.40 bits per heavy atom. The highest BCUT2D eigenvalue weighted by Gasteiger charge is 2.36. The lowest BCUT2D eigenvalue weighted by Gasteiger charge is -2.28. The molecule has 0 aliphatic carbocycles. The Balaban J connectivity index is 2.30. The summed E-state index contributed by atoms with van der Waals surface area (Å²) in [6.45, 7) is 1.46. The number of hydrogen-bond donors (Lipinski definition) is 1. The molecule has 5 nitrogen and oxygen atoms in total. The number of hydrogen-bond acceptors (Lipinski definition) is 5. The minimum Gasteiger partial charge on any atom is -0.384 e. The summed E-state index contributed by atoms with van der Waals surface area (Å²) in [5.74, 6) is -1.07. The lowest BCUT2D eigenvalue weighted by molar-refractivity contribution is -0.144. The van der Waals surface area contributed by atoms with Gasteiger partial charge in [-0.25, -0.2) is 9.97 Å². The molecule has 20 heavy (non-hydrogen) atoms. The van der Waals surface area contributed by atoms with Gasteiger partial charge in [-0.3, -0.25) is 0 Å². The van der Waals surface area contributed by atoms with Crippen molar-refractivity contribution in [2.24, 2.45) is 0 Å². The quantitative estimate of drug-likeness (QED) is 0.916. The van der Waals surface area contributed by atoms with Crippen LogP contribution in [0, 0.1) is 0 Å². The topological polar surface area (TPSA) is 58.3 Å². The van der Waals surface area contributed by atoms with Crippen molar-refractivity contribution in [2.45, 2.75) is 25.1 Å². The maximum Gasteiger partial charge on any atom is 0.451 e. The maximum absolute atomic E-state index is 12.7. The summed E-state index contributed by atoms with van der Waals surface area (Å²) in [4.78, 5) is 10.8. The number of anilines is 2. The van der Waals surface area contributed by atoms with Gasteiger partial charge in [-0.1, -0.05) is 0 Å². The molecule has 1 atom stereocenters. The molecule has 0 amide bonds. The summed E-state index contributed by atoms with van der Waals surface area (Å²) in [7, 11) is 3.87. The van der Waals surface area contributed by atoms with E-state index in [1.807, 2.05) is 23.9 Å². The Kier molecular flexibility index (Phi) is 4.03. The van der Waals surface area contributed by atoms with Gasteiger partial charge in [0.15, 0.2) is 0 Å². The van der Waals surface area contributed by atoms with Gasteiger partial charge in [-0.15, -0.1) is 0 Å². The summed E-state index contributed by atoms with van der Waals surface area (Å²) in [6.07, 6.45) is -2.71. The molecule has 0 radical (unpaired) electrons. The third-order valence-electron chi connectivity index (χ3n) is 3.23. The predicted molar refractivity (Wildman–Crippen MR) is 70.4 cm³/mol. The van der Waals surface area contributed by atoms with Crippen LogP contribution in [0.1, 0.15) is 18.7 Å². The van der Waals surface area contributed by atoms with Crippen LogP contribution in [0.25, 0.3) is 0 Å². The van der Waals surface area contributed by atoms with E-state index < -0.39 is 12.0 Å². The van der Waals surface area contributed by atoms with Crippen LogP contribution in [0.15, 0.2) is 6.07 Å². The van der Waals surface area contributed by atoms with Crippen molar-refractivity contribution in [3.8, 4) is 0 Å². The second kappa shape index (κ2) is 5.43. The fraction of sp³-hybridized carbons (Fsp3) is 0.667. The number of rotatable bonds is 3. The van der Waals surface area contributed by atoms with Crippen LogP contribution < -0.4 is 10.6 Å². The molecule has 1 aliphatic heterocycles. The molecule has 2 rings (SSSR count). The molecule has 0 bridgehead atoms. The van der Waals surface area contributed by atoms with Gasteiger partial charge in [0.1, 0.15) is 11.6 Å². The van der Waals surface area contributed by atoms with Crippen molar-refractivity contribution in [2.75, 3.05) is 37.8 Å². The van der Waals surface area contributed by atoms with Gasteiger partial charge in [-0.05, 0) is 26.9 Å². The van der Waals surface area contributed by atoms with Crippen molar-refractivity contribution in [3.63, 3.8) is 0 Å². The minimum absolute atomic E-state index is 0.153. The molecule has 8 heteroatoms. The number of halogens is 3. The number of nitrogens with zero attached hydrogens (tertiary/aromatic N) is 4. The van der Waals surface area contributed by atoms with E-state index in [1.165, 1.54) is 6.07 Å². The van der Waals surface area contributed by atoms with E-state index in [2.05, 4.69) is 9.97 Å². The minimum atomic E-state index is -4.58. The van der Waals surface area contributed by atoms with Crippen molar-refractivity contribution >= 4 is 11.6 Å². The fourth-order valence-corrected chi connectivity index (χ4v) is 2.48. The lowest BCUT2D eigenvalue weighted by atomic mass is 10.2. The number of nitrogen functional groups attached to an aromatic ring is 1. The first-order valence-corrected chi connectivity index (χ1v) is 6.40. The summed E-state index contributed by atoms with van der Waals surface area (Å²) < 4.78 is 38.2. The van der Waals surface area contributed by atoms with Crippen molar-refractivity contribution in [3.05, 3.63) is 11.9 Å². The van der Waals surface area contributed by atoms with E-state index in [0.29, 0.717) is 6.54 Å². The first-order valence-electron chi connectivity index (χ1n) is 6.40. The zero-order valence-corrected chi connectivity index (χ0v) is 11.5. The third kappa shape index (κ3) is 3.30. The van der Waals surface area contributed by atoms with Crippen LogP contribution in [0.5, 0.6) is 0 Å². The highest BCUT2D eigenvalue weighted by atomic mass is 19.4. The Bertz CT molecular complexity index is 475. The van der Waals surface area contributed by atoms with Crippen molar-refractivity contribution in [1.29, 1.82) is 0 Å². The molecule has 1 aliphatic rings. The largest absolute Gasteiger partial charge is 0.451 e. The van der Waals surface area contributed by atoms with Gasteiger partial charge in [-0.2, -0.15) is 13.2 Å². The molecule has 1 saturated heterocycles. The van der Waals surface area contributed by atoms with Crippen molar-refractivity contribution < 1.29 is 13.2 Å². The lowest BCUT2D eigenvalue weighted by Crippen LogP contribution is -2.38. The molecule has 1 unspecified atom stereocenters. The smallest absolute Gasteiger partial charge is 0.384 e. The zero-order valence-electron chi connectivity index (χ0n) is 11.5. The number of nitrogens with two attached hydrogens (primary N) is 1. The van der Waals surface area contributed by atoms with Crippen LogP contribution in [0.3, 0.4) is 0 Å². The molecule has 0 spiro atoms. The van der Waals surface area contributed by atoms with Gasteiger partial charge >= 0.3 is 6.18 Å². The van der Waals surface area contributed by atoms with Gasteiger partial charge in [0, 0.05) is 25.2 Å². The molecular formula is C12H18F3N5. The summed E-state index contributed by atoms with van der Waals surface area (Å²) in [6, 6.07) is 1.56. The van der Waals surface area contributed by atoms with Crippen LogP contribution >= 0.6 is 0 Å². The van der Waals surface area contributed by atoms with Crippen molar-refractivity contribution in [1.82, 2.24) is 14.9 Å². The Labute approximate surface area is 115 Å². The van der Waals surface area contributed by atoms with Gasteiger partial charge < -0.3 is 15.5 Å². The van der Waals surface area contributed by atoms with E-state index in [-0.39, 0.29) is 17.7 Å². The zero-order chi connectivity index (χ0) is 14.9. The van der Waals surface area contributed by atoms with Crippen LogP contribution in [0.2, 0.25) is 0 Å². The van der Waals surface area contributed by atoms with E-state index >= 15 is 0 Å². The SMILES string of the molecule is CN(C)CC1CCCN1c1cc(N)nc(C(F)(F)F)n1. The molecule has 2 heterocycles. The molecule has 0 saturated carbocycles. The molecule has 112 valence electrons. The maximum atomic E-state index is 12.7. The van der Waals surface area contributed by atoms with Crippen LogP contribution in [-0.2, 0) is 6.18 Å². The summed E-state index contributed by atoms with van der Waals surface area (Å²) in [5.41, 5.74) is 5.48. The van der Waals surface area contributed by atoms with E-state index in [9.17, 15) is 13.2 Å². The second-order valence-corrected chi connectivity index (χ2v) is 5.22. The first-order chi connectivity index (χ1) is 9.27. The number of likely N-dealkylation sites (N-methyl/N-ethyl adjacent to an activating group) is 1. The molecular weight excluding hydrogens is 271 g/mol. The first kappa shape index (κ1) is 14.8. The van der Waals surface area contributed by atoms with E-state index in [4.69, 9.17) is 5.73 Å². The van der Waals surface area contributed by atoms with Crippen LogP contribution in [-0.4, -0.2) is 48.1 Å². The van der Waals surface area contributed by atoms with Gasteiger partial charge in [0.25, 0.3) is 0 Å². The molecule has 1 aromatic heterocycles. The number of aromatic nitrogens is 2. The van der Waals surface area contributed by atoms with E-state index in [1.54, 1.807) is 0 Å². The second-order valence-electron chi connectivity index (χ2n) is 5.22. The Hall–Kier alpha value is -1.57. The Morgan fingerprint density at radius 2 is 2.10 bits per heavy atom. The standard InChI is InChI=1S/C12H18F3N5/c1-19(2)7-8-4-3-5-20(8)10-6-9(16)17-11(18-10)12(13,14)15/h6,8H,3-5,7H2,1-2H3,(H2,16,17,18). The van der Waals surface area contributed by atoms with Gasteiger partial charge in [0.05, 0.1) is 0 Å². The third-order valence-corrected chi connectivity index (χ3v) is 3.23. The molecule has 1 aromatic rings. The summed E-state index contributed by atoms with van der Waals surface area (Å²) in [5, 5.41) is 0. The van der Waals surface area contributed by atoms with Gasteiger partial charge in [0.2, 0.25) is 5.82 Å². The molecule has 0 aromatic carbocycles. The highest BCUT2D eigenvalue weighted by molar-refractivity contribution is 5.49. The molecule has 2 N–H and O–H groups in total. The average molecular weight is 289 g/mol. The average Bonchev–Trinajstić information content (AvgIpc) is 2.74. The number of alkyl halides is 3. The van der Waals surface area contributed by atoms with Crippen LogP contribution in [0.4, 0.5) is 24.8 Å². The fourth-order valence-electron chi connectivity index (χ4n) is 2.48. The summed E-state index contributed by atoms with van der Waals surface area (Å²) >= 11 is 0. The predicted octanol–water partition coefficient (Wildman–Crippen LogP) is 1.61. The van der Waals surface area contributed by atoms with E-state index in [0.717, 1.165) is 19.4 Å².